The van der Waals surface area contributed by atoms with Crippen molar-refractivity contribution < 1.29 is 19.1 Å². The van der Waals surface area contributed by atoms with E-state index in [2.05, 4.69) is 0 Å². The summed E-state index contributed by atoms with van der Waals surface area (Å²) >= 11 is 0. The van der Waals surface area contributed by atoms with Gasteiger partial charge in [-0.3, -0.25) is 4.57 Å². The van der Waals surface area contributed by atoms with Crippen LogP contribution in [0.2, 0.25) is 0 Å². The minimum Gasteiger partial charge on any atom is -0.486 e. The SMILES string of the molecule is O=P(O)(O)C1=CCCCO1. The Morgan fingerprint density at radius 3 is 2.60 bits per heavy atom. The molecule has 0 unspecified atom stereocenters. The van der Waals surface area contributed by atoms with Crippen molar-refractivity contribution in [3.63, 3.8) is 0 Å². The Morgan fingerprint density at radius 2 is 2.30 bits per heavy atom. The maximum Gasteiger partial charge on any atom is 0.390 e. The van der Waals surface area contributed by atoms with E-state index < -0.39 is 7.60 Å². The summed E-state index contributed by atoms with van der Waals surface area (Å²) < 4.78 is 15.2. The van der Waals surface area contributed by atoms with Crippen molar-refractivity contribution in [2.75, 3.05) is 6.61 Å². The summed E-state index contributed by atoms with van der Waals surface area (Å²) in [6.07, 6.45) is 2.98. The van der Waals surface area contributed by atoms with E-state index in [-0.39, 0.29) is 5.50 Å². The van der Waals surface area contributed by atoms with Gasteiger partial charge in [0, 0.05) is 0 Å². The molecule has 0 aromatic carbocycles. The monoisotopic (exact) mass is 164 g/mol. The highest BCUT2D eigenvalue weighted by atomic mass is 31.2. The molecular formula is C5H9O4P. The Morgan fingerprint density at radius 1 is 1.60 bits per heavy atom. The Bertz CT molecular complexity index is 192. The second kappa shape index (κ2) is 2.74. The Hall–Kier alpha value is -0.310. The Balaban J connectivity index is 2.72. The van der Waals surface area contributed by atoms with Crippen molar-refractivity contribution in [3.8, 4) is 0 Å². The molecule has 5 heteroatoms. The predicted molar refractivity (Wildman–Crippen MR) is 35.3 cm³/mol. The zero-order valence-corrected chi connectivity index (χ0v) is 6.25. The average molecular weight is 164 g/mol. The fourth-order valence-corrected chi connectivity index (χ4v) is 1.37. The molecule has 0 spiro atoms. The van der Waals surface area contributed by atoms with E-state index in [1.54, 1.807) is 0 Å². The molecule has 1 aliphatic heterocycles. The van der Waals surface area contributed by atoms with Crippen molar-refractivity contribution >= 4 is 7.60 Å². The minimum atomic E-state index is -4.10. The number of rotatable bonds is 1. The van der Waals surface area contributed by atoms with Gasteiger partial charge in [-0.2, -0.15) is 0 Å². The molecule has 0 aromatic heterocycles. The molecule has 4 nitrogen and oxygen atoms in total. The van der Waals surface area contributed by atoms with E-state index in [1.165, 1.54) is 6.08 Å². The quantitative estimate of drug-likeness (QED) is 0.563. The summed E-state index contributed by atoms with van der Waals surface area (Å²) in [6, 6.07) is 0. The van der Waals surface area contributed by atoms with Gasteiger partial charge in [0.15, 0.2) is 0 Å². The molecule has 0 atom stereocenters. The first-order valence-electron chi connectivity index (χ1n) is 3.00. The number of ether oxygens (including phenoxy) is 1. The third kappa shape index (κ3) is 1.84. The summed E-state index contributed by atoms with van der Waals surface area (Å²) in [5.74, 6) is 0. The van der Waals surface area contributed by atoms with Crippen molar-refractivity contribution in [2.24, 2.45) is 0 Å². The first-order chi connectivity index (χ1) is 4.61. The maximum atomic E-state index is 10.5. The first-order valence-corrected chi connectivity index (χ1v) is 4.61. The normalized spacial score (nSPS) is 19.6. The van der Waals surface area contributed by atoms with Gasteiger partial charge >= 0.3 is 7.60 Å². The fourth-order valence-electron chi connectivity index (χ4n) is 0.748. The van der Waals surface area contributed by atoms with Crippen molar-refractivity contribution in [1.82, 2.24) is 0 Å². The van der Waals surface area contributed by atoms with Crippen molar-refractivity contribution in [1.29, 1.82) is 0 Å². The lowest BCUT2D eigenvalue weighted by atomic mass is 10.3. The standard InChI is InChI=1S/C5H9O4P/c6-10(7,8)5-3-1-2-4-9-5/h3H,1-2,4H2,(H2,6,7,8). The Labute approximate surface area is 58.7 Å². The van der Waals surface area contributed by atoms with E-state index >= 15 is 0 Å². The molecule has 0 aromatic rings. The molecular weight excluding hydrogens is 155 g/mol. The van der Waals surface area contributed by atoms with Crippen LogP contribution in [0.5, 0.6) is 0 Å². The molecule has 0 fully saturated rings. The topological polar surface area (TPSA) is 66.8 Å². The van der Waals surface area contributed by atoms with Crippen LogP contribution >= 0.6 is 7.60 Å². The zero-order chi connectivity index (χ0) is 7.61. The van der Waals surface area contributed by atoms with E-state index in [0.29, 0.717) is 13.0 Å². The molecule has 0 amide bonds. The lowest BCUT2D eigenvalue weighted by Gasteiger charge is -2.14. The summed E-state index contributed by atoms with van der Waals surface area (Å²) in [5.41, 5.74) is -0.168. The van der Waals surface area contributed by atoms with Gasteiger partial charge in [-0.05, 0) is 18.9 Å². The zero-order valence-electron chi connectivity index (χ0n) is 5.36. The van der Waals surface area contributed by atoms with E-state index in [9.17, 15) is 4.57 Å². The average Bonchev–Trinajstić information content (AvgIpc) is 1.88. The van der Waals surface area contributed by atoms with Crippen LogP contribution in [0.4, 0.5) is 0 Å². The summed E-state index contributed by atoms with van der Waals surface area (Å²) in [7, 11) is -4.10. The van der Waals surface area contributed by atoms with Gasteiger partial charge in [-0.1, -0.05) is 0 Å². The molecule has 0 radical (unpaired) electrons. The Kier molecular flexibility index (Phi) is 2.14. The van der Waals surface area contributed by atoms with Gasteiger partial charge in [0.2, 0.25) is 5.50 Å². The molecule has 0 saturated carbocycles. The second-order valence-electron chi connectivity index (χ2n) is 2.08. The van der Waals surface area contributed by atoms with Crippen LogP contribution in [-0.4, -0.2) is 16.4 Å². The van der Waals surface area contributed by atoms with Crippen LogP contribution in [0.3, 0.4) is 0 Å². The largest absolute Gasteiger partial charge is 0.486 e. The number of hydrogen-bond acceptors (Lipinski definition) is 2. The van der Waals surface area contributed by atoms with Crippen molar-refractivity contribution in [2.45, 2.75) is 12.8 Å². The second-order valence-corrected chi connectivity index (χ2v) is 3.61. The summed E-state index contributed by atoms with van der Waals surface area (Å²) in [4.78, 5) is 17.1. The fraction of sp³-hybridized carbons (Fsp3) is 0.600. The molecule has 0 saturated heterocycles. The van der Waals surface area contributed by atoms with Crippen molar-refractivity contribution in [3.05, 3.63) is 11.6 Å². The number of hydrogen-bond donors (Lipinski definition) is 2. The van der Waals surface area contributed by atoms with Gasteiger partial charge in [0.25, 0.3) is 0 Å². The predicted octanol–water partition coefficient (Wildman–Crippen LogP) is 0.816. The third-order valence-electron chi connectivity index (χ3n) is 1.20. The van der Waals surface area contributed by atoms with E-state index in [1.807, 2.05) is 0 Å². The lowest BCUT2D eigenvalue weighted by molar-refractivity contribution is 0.198. The van der Waals surface area contributed by atoms with Gasteiger partial charge in [-0.15, -0.1) is 0 Å². The molecule has 1 rings (SSSR count). The molecule has 1 aliphatic rings. The minimum absolute atomic E-state index is 0.168. The molecule has 0 aliphatic carbocycles. The summed E-state index contributed by atoms with van der Waals surface area (Å²) in [6.45, 7) is 0.414. The van der Waals surface area contributed by atoms with E-state index in [0.717, 1.165) is 6.42 Å². The van der Waals surface area contributed by atoms with Crippen LogP contribution in [0.25, 0.3) is 0 Å². The van der Waals surface area contributed by atoms with Crippen LogP contribution in [0.15, 0.2) is 11.6 Å². The lowest BCUT2D eigenvalue weighted by Crippen LogP contribution is -2.01. The smallest absolute Gasteiger partial charge is 0.390 e. The molecule has 58 valence electrons. The summed E-state index contributed by atoms with van der Waals surface area (Å²) in [5, 5.41) is 0. The molecule has 2 N–H and O–H groups in total. The molecule has 1 heterocycles. The van der Waals surface area contributed by atoms with Gasteiger partial charge in [0.05, 0.1) is 6.61 Å². The highest BCUT2D eigenvalue weighted by Crippen LogP contribution is 2.46. The highest BCUT2D eigenvalue weighted by molar-refractivity contribution is 7.56. The highest BCUT2D eigenvalue weighted by Gasteiger charge is 2.23. The van der Waals surface area contributed by atoms with Gasteiger partial charge in [-0.25, -0.2) is 0 Å². The molecule has 10 heavy (non-hydrogen) atoms. The number of allylic oxidation sites excluding steroid dienone is 1. The third-order valence-corrected chi connectivity index (χ3v) is 2.09. The van der Waals surface area contributed by atoms with Crippen LogP contribution < -0.4 is 0 Å². The maximum absolute atomic E-state index is 10.5. The van der Waals surface area contributed by atoms with Gasteiger partial charge in [0.1, 0.15) is 0 Å². The van der Waals surface area contributed by atoms with Gasteiger partial charge < -0.3 is 14.5 Å². The van der Waals surface area contributed by atoms with Crippen LogP contribution in [0, 0.1) is 0 Å². The van der Waals surface area contributed by atoms with Crippen LogP contribution in [0.1, 0.15) is 12.8 Å². The first kappa shape index (κ1) is 7.79. The van der Waals surface area contributed by atoms with Crippen LogP contribution in [-0.2, 0) is 9.30 Å². The molecule has 0 bridgehead atoms. The van der Waals surface area contributed by atoms with E-state index in [4.69, 9.17) is 14.5 Å².